The number of hydrogen-bond acceptors (Lipinski definition) is 4. The van der Waals surface area contributed by atoms with Crippen molar-refractivity contribution in [2.45, 2.75) is 57.5 Å². The molecule has 0 radical (unpaired) electrons. The van der Waals surface area contributed by atoms with Gasteiger partial charge in [0.2, 0.25) is 0 Å². The number of pyridine rings is 1. The zero-order chi connectivity index (χ0) is 20.1. The van der Waals surface area contributed by atoms with Gasteiger partial charge >= 0.3 is 6.09 Å². The lowest BCUT2D eigenvalue weighted by Gasteiger charge is -2.38. The van der Waals surface area contributed by atoms with E-state index in [-0.39, 0.29) is 29.9 Å². The highest BCUT2D eigenvalue weighted by atomic mass is 28.4. The minimum absolute atomic E-state index is 0.0192. The fourth-order valence-corrected chi connectivity index (χ4v) is 4.16. The fraction of sp³-hybridized carbons (Fsp3) is 0.524. The first kappa shape index (κ1) is 21.4. The van der Waals surface area contributed by atoms with Crippen LogP contribution in [0.3, 0.4) is 0 Å². The van der Waals surface area contributed by atoms with Crippen molar-refractivity contribution in [2.75, 3.05) is 13.2 Å². The van der Waals surface area contributed by atoms with Crippen LogP contribution < -0.4 is 0 Å². The number of aromatic nitrogens is 1. The highest BCUT2D eigenvalue weighted by molar-refractivity contribution is 6.74. The molecule has 0 aromatic carbocycles. The zero-order valence-electron chi connectivity index (χ0n) is 17.1. The minimum Gasteiger partial charge on any atom is -0.445 e. The molecule has 2 rings (SSSR count). The molecular formula is C21H32N2O3Si. The van der Waals surface area contributed by atoms with Gasteiger partial charge in [0.25, 0.3) is 0 Å². The standard InChI is InChI=1S/C21H32N2O3Si/c1-7-13-25-20(24)23-16-19(26-27(5,6)21(2,3)4)14-18(23)11-10-17-9-8-12-22-15-17/h7-12,15,18-19H,1,13-14,16H2,2-6H3/b11-10-/t18-,19-/m1/s1. The summed E-state index contributed by atoms with van der Waals surface area (Å²) in [5, 5.41) is 0.130. The van der Waals surface area contributed by atoms with Crippen LogP contribution in [0.5, 0.6) is 0 Å². The Balaban J connectivity index is 2.14. The van der Waals surface area contributed by atoms with E-state index in [2.05, 4.69) is 45.4 Å². The van der Waals surface area contributed by atoms with Crippen molar-refractivity contribution in [1.29, 1.82) is 0 Å². The summed E-state index contributed by atoms with van der Waals surface area (Å²) in [6.45, 7) is 15.5. The number of carbonyl (C=O) groups is 1. The Hall–Kier alpha value is -1.92. The first-order valence-corrected chi connectivity index (χ1v) is 12.4. The molecule has 2 atom stereocenters. The molecule has 5 nitrogen and oxygen atoms in total. The van der Waals surface area contributed by atoms with Crippen LogP contribution in [0.1, 0.15) is 32.8 Å². The minimum atomic E-state index is -1.91. The van der Waals surface area contributed by atoms with E-state index >= 15 is 0 Å². The van der Waals surface area contributed by atoms with Crippen molar-refractivity contribution < 1.29 is 14.0 Å². The third kappa shape index (κ3) is 5.78. The van der Waals surface area contributed by atoms with Crippen LogP contribution in [0.2, 0.25) is 18.1 Å². The molecule has 1 aromatic rings. The topological polar surface area (TPSA) is 51.7 Å². The van der Waals surface area contributed by atoms with Crippen LogP contribution in [0, 0.1) is 0 Å². The van der Waals surface area contributed by atoms with E-state index in [4.69, 9.17) is 9.16 Å². The summed E-state index contributed by atoms with van der Waals surface area (Å²) in [5.74, 6) is 0. The first-order valence-electron chi connectivity index (χ1n) is 9.44. The maximum absolute atomic E-state index is 12.5. The molecule has 148 valence electrons. The SMILES string of the molecule is C=CCOC(=O)N1C[C@H](O[Si](C)(C)C(C)(C)C)C[C@H]1/C=C\c1cccnc1. The molecule has 27 heavy (non-hydrogen) atoms. The van der Waals surface area contributed by atoms with Crippen molar-refractivity contribution in [1.82, 2.24) is 9.88 Å². The normalized spacial score (nSPS) is 20.9. The number of hydrogen-bond donors (Lipinski definition) is 0. The lowest BCUT2D eigenvalue weighted by Crippen LogP contribution is -2.44. The number of carbonyl (C=O) groups excluding carboxylic acids is 1. The van der Waals surface area contributed by atoms with Crippen molar-refractivity contribution >= 4 is 20.5 Å². The number of amides is 1. The first-order chi connectivity index (χ1) is 12.6. The summed E-state index contributed by atoms with van der Waals surface area (Å²) in [6, 6.07) is 3.83. The molecule has 1 fully saturated rings. The molecule has 0 unspecified atom stereocenters. The molecule has 1 saturated heterocycles. The van der Waals surface area contributed by atoms with Crippen LogP contribution in [-0.4, -0.2) is 49.6 Å². The monoisotopic (exact) mass is 388 g/mol. The number of likely N-dealkylation sites (tertiary alicyclic amines) is 1. The van der Waals surface area contributed by atoms with Gasteiger partial charge in [-0.25, -0.2) is 4.79 Å². The van der Waals surface area contributed by atoms with Crippen molar-refractivity contribution in [3.63, 3.8) is 0 Å². The van der Waals surface area contributed by atoms with Gasteiger partial charge < -0.3 is 9.16 Å². The molecule has 2 heterocycles. The molecule has 0 N–H and O–H groups in total. The maximum atomic E-state index is 12.5. The lowest BCUT2D eigenvalue weighted by molar-refractivity contribution is 0.108. The van der Waals surface area contributed by atoms with Gasteiger partial charge in [0.05, 0.1) is 12.1 Å². The van der Waals surface area contributed by atoms with E-state index in [9.17, 15) is 4.79 Å². The highest BCUT2D eigenvalue weighted by Gasteiger charge is 2.43. The van der Waals surface area contributed by atoms with Gasteiger partial charge in [0.1, 0.15) is 6.61 Å². The van der Waals surface area contributed by atoms with Crippen molar-refractivity contribution in [3.05, 3.63) is 48.8 Å². The van der Waals surface area contributed by atoms with Gasteiger partial charge in [0, 0.05) is 18.9 Å². The second kappa shape index (κ2) is 8.84. The summed E-state index contributed by atoms with van der Waals surface area (Å²) in [6.07, 6.45) is 9.64. The van der Waals surface area contributed by atoms with Crippen molar-refractivity contribution in [3.8, 4) is 0 Å². The summed E-state index contributed by atoms with van der Waals surface area (Å²) < 4.78 is 11.8. The van der Waals surface area contributed by atoms with Gasteiger partial charge in [0.15, 0.2) is 8.32 Å². The third-order valence-electron chi connectivity index (χ3n) is 5.33. The Morgan fingerprint density at radius 1 is 1.44 bits per heavy atom. The molecule has 6 heteroatoms. The predicted molar refractivity (Wildman–Crippen MR) is 112 cm³/mol. The molecule has 1 aliphatic rings. The van der Waals surface area contributed by atoms with E-state index in [1.165, 1.54) is 0 Å². The Morgan fingerprint density at radius 3 is 2.78 bits per heavy atom. The molecule has 1 aromatic heterocycles. The number of rotatable bonds is 6. The van der Waals surface area contributed by atoms with E-state index in [1.54, 1.807) is 23.4 Å². The zero-order valence-corrected chi connectivity index (χ0v) is 18.1. The van der Waals surface area contributed by atoms with E-state index in [0.717, 1.165) is 12.0 Å². The van der Waals surface area contributed by atoms with Gasteiger partial charge in [-0.15, -0.1) is 0 Å². The van der Waals surface area contributed by atoms with Gasteiger partial charge in [-0.2, -0.15) is 0 Å². The van der Waals surface area contributed by atoms with Gasteiger partial charge in [-0.1, -0.05) is 51.6 Å². The fourth-order valence-electron chi connectivity index (χ4n) is 2.81. The lowest BCUT2D eigenvalue weighted by atomic mass is 10.1. The summed E-state index contributed by atoms with van der Waals surface area (Å²) in [4.78, 5) is 18.4. The summed E-state index contributed by atoms with van der Waals surface area (Å²) in [7, 11) is -1.91. The highest BCUT2D eigenvalue weighted by Crippen LogP contribution is 2.39. The van der Waals surface area contributed by atoms with Crippen LogP contribution in [0.15, 0.2) is 43.3 Å². The van der Waals surface area contributed by atoms with Crippen LogP contribution >= 0.6 is 0 Å². The quantitative estimate of drug-likeness (QED) is 0.515. The third-order valence-corrected chi connectivity index (χ3v) is 9.86. The van der Waals surface area contributed by atoms with E-state index < -0.39 is 8.32 Å². The molecule has 1 amide bonds. The Bertz CT molecular complexity index is 668. The predicted octanol–water partition coefficient (Wildman–Crippen LogP) is 4.88. The maximum Gasteiger partial charge on any atom is 0.410 e. The van der Waals surface area contributed by atoms with Crippen LogP contribution in [0.25, 0.3) is 6.08 Å². The average molecular weight is 389 g/mol. The average Bonchev–Trinajstić information content (AvgIpc) is 3.00. The number of ether oxygens (including phenoxy) is 1. The molecule has 0 aliphatic carbocycles. The summed E-state index contributed by atoms with van der Waals surface area (Å²) in [5.41, 5.74) is 1.01. The Kier molecular flexibility index (Phi) is 7.00. The van der Waals surface area contributed by atoms with E-state index in [1.807, 2.05) is 24.3 Å². The van der Waals surface area contributed by atoms with Gasteiger partial charge in [-0.05, 0) is 36.2 Å². The van der Waals surface area contributed by atoms with Gasteiger partial charge in [-0.3, -0.25) is 9.88 Å². The number of nitrogens with zero attached hydrogens (tertiary/aromatic N) is 2. The second-order valence-electron chi connectivity index (χ2n) is 8.47. The molecule has 0 saturated carbocycles. The Labute approximate surface area is 164 Å². The Morgan fingerprint density at radius 2 is 2.19 bits per heavy atom. The van der Waals surface area contributed by atoms with E-state index in [0.29, 0.717) is 6.54 Å². The largest absolute Gasteiger partial charge is 0.445 e. The smallest absolute Gasteiger partial charge is 0.410 e. The molecule has 1 aliphatic heterocycles. The second-order valence-corrected chi connectivity index (χ2v) is 13.2. The van der Waals surface area contributed by atoms with Crippen molar-refractivity contribution in [2.24, 2.45) is 0 Å². The summed E-state index contributed by atoms with van der Waals surface area (Å²) >= 11 is 0. The van der Waals surface area contributed by atoms with Crippen LogP contribution in [0.4, 0.5) is 4.79 Å². The molecular weight excluding hydrogens is 356 g/mol. The molecule has 0 bridgehead atoms. The molecule has 0 spiro atoms. The van der Waals surface area contributed by atoms with Crippen LogP contribution in [-0.2, 0) is 9.16 Å².